The van der Waals surface area contributed by atoms with Crippen molar-refractivity contribution in [2.75, 3.05) is 5.32 Å². The smallest absolute Gasteiger partial charge is 0.409 e. The zero-order valence-corrected chi connectivity index (χ0v) is 12.0. The first-order valence-electron chi connectivity index (χ1n) is 6.56. The maximum Gasteiger partial charge on any atom is 0.409 e. The second-order valence-corrected chi connectivity index (χ2v) is 4.51. The highest BCUT2D eigenvalue weighted by Gasteiger charge is 2.09. The molecular formula is C14H12N6O3. The first-order chi connectivity index (χ1) is 11.1. The molecular weight excluding hydrogens is 300 g/mol. The van der Waals surface area contributed by atoms with Crippen molar-refractivity contribution in [3.63, 3.8) is 0 Å². The molecule has 2 heterocycles. The molecule has 0 saturated heterocycles. The number of aryl methyl sites for hydroxylation is 1. The van der Waals surface area contributed by atoms with E-state index in [9.17, 15) is 4.79 Å². The van der Waals surface area contributed by atoms with Crippen LogP contribution >= 0.6 is 0 Å². The van der Waals surface area contributed by atoms with Crippen LogP contribution in [0.4, 0.5) is 10.5 Å². The van der Waals surface area contributed by atoms with Gasteiger partial charge in [0.25, 0.3) is 0 Å². The number of aromatic nitrogens is 5. The molecule has 1 amide bonds. The summed E-state index contributed by atoms with van der Waals surface area (Å²) in [5.41, 5.74) is 0.965. The maximum atomic E-state index is 10.7. The summed E-state index contributed by atoms with van der Waals surface area (Å²) in [5, 5.41) is 15.0. The summed E-state index contributed by atoms with van der Waals surface area (Å²) in [4.78, 5) is 22.9. The van der Waals surface area contributed by atoms with Crippen LogP contribution < -0.4 is 10.1 Å². The second kappa shape index (κ2) is 6.10. The summed E-state index contributed by atoms with van der Waals surface area (Å²) in [6, 6.07) is 8.16. The second-order valence-electron chi connectivity index (χ2n) is 4.51. The van der Waals surface area contributed by atoms with Gasteiger partial charge in [-0.15, -0.1) is 0 Å². The number of benzene rings is 1. The van der Waals surface area contributed by atoms with Crippen molar-refractivity contribution in [1.82, 2.24) is 24.7 Å². The van der Waals surface area contributed by atoms with Gasteiger partial charge in [0.15, 0.2) is 5.82 Å². The first kappa shape index (κ1) is 14.4. The molecule has 0 aliphatic rings. The van der Waals surface area contributed by atoms with Gasteiger partial charge in [0, 0.05) is 24.9 Å². The van der Waals surface area contributed by atoms with Crippen molar-refractivity contribution < 1.29 is 14.6 Å². The van der Waals surface area contributed by atoms with E-state index in [-0.39, 0.29) is 0 Å². The number of ether oxygens (including phenoxy) is 1. The zero-order valence-electron chi connectivity index (χ0n) is 12.0. The third-order valence-corrected chi connectivity index (χ3v) is 2.89. The molecule has 0 unspecified atom stereocenters. The molecule has 1 aromatic carbocycles. The Morgan fingerprint density at radius 3 is 2.83 bits per heavy atom. The van der Waals surface area contributed by atoms with Crippen LogP contribution in [0.3, 0.4) is 0 Å². The Morgan fingerprint density at radius 1 is 1.22 bits per heavy atom. The van der Waals surface area contributed by atoms with Gasteiger partial charge in [-0.25, -0.2) is 24.4 Å². The van der Waals surface area contributed by atoms with Crippen LogP contribution in [0.1, 0.15) is 0 Å². The van der Waals surface area contributed by atoms with Gasteiger partial charge in [-0.3, -0.25) is 5.32 Å². The lowest BCUT2D eigenvalue weighted by atomic mass is 10.3. The van der Waals surface area contributed by atoms with E-state index in [1.165, 1.54) is 12.7 Å². The lowest BCUT2D eigenvalue weighted by Gasteiger charge is -2.07. The van der Waals surface area contributed by atoms with Crippen LogP contribution in [0.2, 0.25) is 0 Å². The summed E-state index contributed by atoms with van der Waals surface area (Å²) in [7, 11) is 1.76. The lowest BCUT2D eigenvalue weighted by Crippen LogP contribution is -2.06. The minimum Gasteiger partial charge on any atom is -0.465 e. The number of rotatable bonds is 4. The van der Waals surface area contributed by atoms with Crippen LogP contribution in [0, 0.1) is 0 Å². The van der Waals surface area contributed by atoms with E-state index in [1.54, 1.807) is 42.1 Å². The average Bonchev–Trinajstić information content (AvgIpc) is 2.93. The number of hydrogen-bond acceptors (Lipinski definition) is 6. The van der Waals surface area contributed by atoms with Gasteiger partial charge in [0.2, 0.25) is 5.88 Å². The molecule has 0 saturated carbocycles. The van der Waals surface area contributed by atoms with E-state index < -0.39 is 6.09 Å². The molecule has 3 rings (SSSR count). The highest BCUT2D eigenvalue weighted by molar-refractivity contribution is 5.83. The topological polar surface area (TPSA) is 115 Å². The van der Waals surface area contributed by atoms with Crippen LogP contribution in [0.15, 0.2) is 43.0 Å². The Labute approximate surface area is 130 Å². The Morgan fingerprint density at radius 2 is 2.09 bits per heavy atom. The largest absolute Gasteiger partial charge is 0.465 e. The van der Waals surface area contributed by atoms with Gasteiger partial charge >= 0.3 is 6.09 Å². The predicted octanol–water partition coefficient (Wildman–Crippen LogP) is 2.15. The van der Waals surface area contributed by atoms with Gasteiger partial charge in [-0.2, -0.15) is 5.10 Å². The lowest BCUT2D eigenvalue weighted by molar-refractivity contribution is 0.210. The Kier molecular flexibility index (Phi) is 3.83. The highest BCUT2D eigenvalue weighted by Crippen LogP contribution is 2.24. The summed E-state index contributed by atoms with van der Waals surface area (Å²) in [6.07, 6.45) is 1.64. The molecule has 9 nitrogen and oxygen atoms in total. The van der Waals surface area contributed by atoms with Gasteiger partial charge in [0.1, 0.15) is 24.1 Å². The van der Waals surface area contributed by atoms with Crippen LogP contribution in [0.5, 0.6) is 11.6 Å². The van der Waals surface area contributed by atoms with Crippen LogP contribution in [-0.2, 0) is 7.05 Å². The summed E-state index contributed by atoms with van der Waals surface area (Å²) in [5.74, 6) is 1.34. The van der Waals surface area contributed by atoms with Crippen LogP contribution in [-0.4, -0.2) is 35.9 Å². The molecule has 9 heteroatoms. The highest BCUT2D eigenvalue weighted by atomic mass is 16.5. The number of nitrogens with one attached hydrogen (secondary N) is 1. The van der Waals surface area contributed by atoms with Gasteiger partial charge in [-0.05, 0) is 12.1 Å². The number of anilines is 1. The molecule has 116 valence electrons. The van der Waals surface area contributed by atoms with Crippen molar-refractivity contribution in [1.29, 1.82) is 0 Å². The minimum absolute atomic E-state index is 0.311. The fraction of sp³-hybridized carbons (Fsp3) is 0.0714. The van der Waals surface area contributed by atoms with Crippen molar-refractivity contribution in [3.8, 4) is 23.1 Å². The molecule has 0 bridgehead atoms. The monoisotopic (exact) mass is 312 g/mol. The fourth-order valence-corrected chi connectivity index (χ4v) is 1.93. The molecule has 23 heavy (non-hydrogen) atoms. The van der Waals surface area contributed by atoms with Crippen LogP contribution in [0.25, 0.3) is 11.5 Å². The fourth-order valence-electron chi connectivity index (χ4n) is 1.93. The molecule has 0 spiro atoms. The summed E-state index contributed by atoms with van der Waals surface area (Å²) < 4.78 is 7.22. The third kappa shape index (κ3) is 3.40. The van der Waals surface area contributed by atoms with Crippen molar-refractivity contribution >= 4 is 11.8 Å². The van der Waals surface area contributed by atoms with E-state index in [4.69, 9.17) is 9.84 Å². The number of amides is 1. The number of nitrogens with zero attached hydrogens (tertiary/aromatic N) is 5. The molecule has 0 radical (unpaired) electrons. The molecule has 0 atom stereocenters. The minimum atomic E-state index is -1.14. The quantitative estimate of drug-likeness (QED) is 0.758. The Hall–Kier alpha value is -3.49. The normalized spacial score (nSPS) is 10.3. The number of carbonyl (C=O) groups is 1. The average molecular weight is 312 g/mol. The molecule has 0 fully saturated rings. The maximum absolute atomic E-state index is 10.7. The van der Waals surface area contributed by atoms with E-state index in [0.29, 0.717) is 28.8 Å². The molecule has 0 aliphatic heterocycles. The van der Waals surface area contributed by atoms with Gasteiger partial charge in [0.05, 0.1) is 0 Å². The van der Waals surface area contributed by atoms with E-state index in [1.807, 2.05) is 0 Å². The van der Waals surface area contributed by atoms with E-state index in [0.717, 1.165) is 0 Å². The summed E-state index contributed by atoms with van der Waals surface area (Å²) in [6.45, 7) is 0. The molecule has 2 N–H and O–H groups in total. The van der Waals surface area contributed by atoms with Gasteiger partial charge < -0.3 is 9.84 Å². The van der Waals surface area contributed by atoms with E-state index >= 15 is 0 Å². The van der Waals surface area contributed by atoms with Crippen molar-refractivity contribution in [2.24, 2.45) is 7.05 Å². The van der Waals surface area contributed by atoms with E-state index in [2.05, 4.69) is 25.4 Å². The Bertz CT molecular complexity index is 848. The first-order valence-corrected chi connectivity index (χ1v) is 6.56. The summed E-state index contributed by atoms with van der Waals surface area (Å²) >= 11 is 0. The number of hydrogen-bond donors (Lipinski definition) is 2. The van der Waals surface area contributed by atoms with Crippen molar-refractivity contribution in [3.05, 3.63) is 43.0 Å². The third-order valence-electron chi connectivity index (χ3n) is 2.89. The predicted molar refractivity (Wildman–Crippen MR) is 80.2 cm³/mol. The molecule has 0 aliphatic carbocycles. The van der Waals surface area contributed by atoms with Crippen molar-refractivity contribution in [2.45, 2.75) is 0 Å². The molecule has 3 aromatic rings. The SMILES string of the molecule is Cn1ncnc1-c1cc(Oc2cccc(NC(=O)O)c2)ncn1. The standard InChI is InChI=1S/C14H12N6O3/c1-20-13(17-8-18-20)11-6-12(16-7-15-11)23-10-4-2-3-9(5-10)19-14(21)22/h2-8,19H,1H3,(H,21,22). The number of carboxylic acid groups (broad SMARTS) is 1. The zero-order chi connectivity index (χ0) is 16.2. The van der Waals surface area contributed by atoms with Gasteiger partial charge in [-0.1, -0.05) is 6.07 Å². The molecule has 2 aromatic heterocycles. The Balaban J connectivity index is 1.84.